The number of hydrogen-bond donors (Lipinski definition) is 2. The van der Waals surface area contributed by atoms with Crippen molar-refractivity contribution in [1.82, 2.24) is 5.32 Å². The van der Waals surface area contributed by atoms with Crippen molar-refractivity contribution in [2.75, 3.05) is 11.9 Å². The predicted molar refractivity (Wildman–Crippen MR) is 78.1 cm³/mol. The minimum Gasteiger partial charge on any atom is -0.385 e. The van der Waals surface area contributed by atoms with E-state index < -0.39 is 0 Å². The molecule has 0 saturated heterocycles. The Kier molecular flexibility index (Phi) is 3.62. The number of thiophene rings is 1. The topological polar surface area (TPSA) is 24.1 Å². The summed E-state index contributed by atoms with van der Waals surface area (Å²) < 4.78 is 0. The van der Waals surface area contributed by atoms with Crippen LogP contribution in [0.3, 0.4) is 0 Å². The van der Waals surface area contributed by atoms with Gasteiger partial charge in [-0.25, -0.2) is 0 Å². The van der Waals surface area contributed by atoms with E-state index in [1.807, 2.05) is 11.3 Å². The minimum absolute atomic E-state index is 0.950. The molecule has 0 atom stereocenters. The largest absolute Gasteiger partial charge is 0.385 e. The van der Waals surface area contributed by atoms with E-state index in [-0.39, 0.29) is 0 Å². The van der Waals surface area contributed by atoms with Crippen molar-refractivity contribution in [2.24, 2.45) is 0 Å². The molecule has 0 aliphatic carbocycles. The molecule has 18 heavy (non-hydrogen) atoms. The maximum atomic E-state index is 3.50. The van der Waals surface area contributed by atoms with Gasteiger partial charge >= 0.3 is 0 Å². The Morgan fingerprint density at radius 1 is 1.22 bits per heavy atom. The first-order valence-electron chi connectivity index (χ1n) is 6.50. The van der Waals surface area contributed by atoms with Gasteiger partial charge in [0.1, 0.15) is 0 Å². The highest BCUT2D eigenvalue weighted by Gasteiger charge is 2.08. The Bertz CT molecular complexity index is 505. The molecule has 0 amide bonds. The zero-order valence-corrected chi connectivity index (χ0v) is 11.2. The van der Waals surface area contributed by atoms with Crippen LogP contribution in [0.15, 0.2) is 35.7 Å². The number of anilines is 1. The lowest BCUT2D eigenvalue weighted by Crippen LogP contribution is -2.14. The monoisotopic (exact) mass is 258 g/mol. The van der Waals surface area contributed by atoms with Crippen LogP contribution in [0.1, 0.15) is 22.4 Å². The second-order valence-corrected chi connectivity index (χ2v) is 5.74. The summed E-state index contributed by atoms with van der Waals surface area (Å²) in [6, 6.07) is 11.1. The average molecular weight is 258 g/mol. The zero-order chi connectivity index (χ0) is 12.2. The van der Waals surface area contributed by atoms with Gasteiger partial charge in [0.25, 0.3) is 0 Å². The van der Waals surface area contributed by atoms with Gasteiger partial charge in [-0.2, -0.15) is 0 Å². The van der Waals surface area contributed by atoms with E-state index in [1.54, 1.807) is 0 Å². The molecule has 1 aliphatic heterocycles. The van der Waals surface area contributed by atoms with Crippen LogP contribution >= 0.6 is 11.3 Å². The van der Waals surface area contributed by atoms with E-state index in [4.69, 9.17) is 0 Å². The number of nitrogens with one attached hydrogen (secondary N) is 2. The number of hydrogen-bond acceptors (Lipinski definition) is 3. The molecule has 2 nitrogen and oxygen atoms in total. The van der Waals surface area contributed by atoms with Crippen LogP contribution in [0.4, 0.5) is 5.69 Å². The molecule has 0 saturated carbocycles. The summed E-state index contributed by atoms with van der Waals surface area (Å²) in [5.74, 6) is 0. The Morgan fingerprint density at radius 2 is 2.22 bits per heavy atom. The lowest BCUT2D eigenvalue weighted by Gasteiger charge is -2.18. The summed E-state index contributed by atoms with van der Waals surface area (Å²) >= 11 is 1.81. The Morgan fingerprint density at radius 3 is 3.11 bits per heavy atom. The molecular formula is C15H18N2S. The van der Waals surface area contributed by atoms with Gasteiger partial charge in [0.05, 0.1) is 0 Å². The van der Waals surface area contributed by atoms with Gasteiger partial charge in [0, 0.05) is 30.2 Å². The smallest absolute Gasteiger partial charge is 0.0372 e. The third-order valence-electron chi connectivity index (χ3n) is 3.32. The van der Waals surface area contributed by atoms with Crippen molar-refractivity contribution >= 4 is 17.0 Å². The molecule has 0 bridgehead atoms. The van der Waals surface area contributed by atoms with Crippen LogP contribution in [0.25, 0.3) is 0 Å². The summed E-state index contributed by atoms with van der Waals surface area (Å²) in [6.45, 7) is 3.03. The third kappa shape index (κ3) is 2.74. The second-order valence-electron chi connectivity index (χ2n) is 4.70. The van der Waals surface area contributed by atoms with Crippen LogP contribution in [-0.2, 0) is 19.5 Å². The standard InChI is InChI=1S/C15H18N2S/c1-3-13-9-12(5-6-15(13)17-7-1)10-16-11-14-4-2-8-18-14/h2,4-6,8-9,16-17H,1,3,7,10-11H2. The maximum absolute atomic E-state index is 3.50. The molecule has 2 aromatic rings. The van der Waals surface area contributed by atoms with Crippen molar-refractivity contribution in [3.8, 4) is 0 Å². The highest BCUT2D eigenvalue weighted by Crippen LogP contribution is 2.22. The molecule has 94 valence electrons. The Balaban J connectivity index is 1.59. The molecule has 1 aromatic heterocycles. The molecule has 1 aromatic carbocycles. The number of fused-ring (bicyclic) bond motifs is 1. The fraction of sp³-hybridized carbons (Fsp3) is 0.333. The highest BCUT2D eigenvalue weighted by molar-refractivity contribution is 7.09. The van der Waals surface area contributed by atoms with Crippen LogP contribution in [-0.4, -0.2) is 6.54 Å². The number of aryl methyl sites for hydroxylation is 1. The molecule has 0 radical (unpaired) electrons. The summed E-state index contributed by atoms with van der Waals surface area (Å²) in [5.41, 5.74) is 4.17. The van der Waals surface area contributed by atoms with Crippen LogP contribution in [0.2, 0.25) is 0 Å². The van der Waals surface area contributed by atoms with Gasteiger partial charge in [0.2, 0.25) is 0 Å². The van der Waals surface area contributed by atoms with E-state index >= 15 is 0 Å². The average Bonchev–Trinajstić information content (AvgIpc) is 2.92. The van der Waals surface area contributed by atoms with Crippen molar-refractivity contribution < 1.29 is 0 Å². The van der Waals surface area contributed by atoms with E-state index in [0.29, 0.717) is 0 Å². The number of benzene rings is 1. The fourth-order valence-electron chi connectivity index (χ4n) is 2.38. The van der Waals surface area contributed by atoms with Gasteiger partial charge < -0.3 is 10.6 Å². The van der Waals surface area contributed by atoms with Gasteiger partial charge in [-0.1, -0.05) is 18.2 Å². The Labute approximate surface area is 112 Å². The lowest BCUT2D eigenvalue weighted by molar-refractivity contribution is 0.699. The summed E-state index contributed by atoms with van der Waals surface area (Å²) in [7, 11) is 0. The molecule has 0 unspecified atom stereocenters. The molecule has 1 aliphatic rings. The molecule has 0 spiro atoms. The van der Waals surface area contributed by atoms with Crippen LogP contribution in [0, 0.1) is 0 Å². The fourth-order valence-corrected chi connectivity index (χ4v) is 3.06. The first-order valence-corrected chi connectivity index (χ1v) is 7.38. The van der Waals surface area contributed by atoms with Gasteiger partial charge in [-0.15, -0.1) is 11.3 Å². The van der Waals surface area contributed by atoms with E-state index in [9.17, 15) is 0 Å². The molecular weight excluding hydrogens is 240 g/mol. The normalized spacial score (nSPS) is 14.0. The first-order chi connectivity index (χ1) is 8.92. The van der Waals surface area contributed by atoms with Crippen molar-refractivity contribution in [3.05, 3.63) is 51.7 Å². The van der Waals surface area contributed by atoms with Crippen LogP contribution < -0.4 is 10.6 Å². The van der Waals surface area contributed by atoms with Crippen molar-refractivity contribution in [2.45, 2.75) is 25.9 Å². The van der Waals surface area contributed by atoms with Gasteiger partial charge in [-0.05, 0) is 41.5 Å². The molecule has 2 heterocycles. The van der Waals surface area contributed by atoms with E-state index in [1.165, 1.54) is 34.5 Å². The number of rotatable bonds is 4. The maximum Gasteiger partial charge on any atom is 0.0372 e. The van der Waals surface area contributed by atoms with Gasteiger partial charge in [0.15, 0.2) is 0 Å². The molecule has 0 fully saturated rings. The summed E-state index contributed by atoms with van der Waals surface area (Å²) in [5, 5.41) is 9.08. The zero-order valence-electron chi connectivity index (χ0n) is 10.4. The molecule has 3 rings (SSSR count). The van der Waals surface area contributed by atoms with Crippen LogP contribution in [0.5, 0.6) is 0 Å². The van der Waals surface area contributed by atoms with Gasteiger partial charge in [-0.3, -0.25) is 0 Å². The predicted octanol–water partition coefficient (Wildman–Crippen LogP) is 3.40. The SMILES string of the molecule is c1csc(CNCc2ccc3c(c2)CCCN3)c1. The minimum atomic E-state index is 0.950. The lowest BCUT2D eigenvalue weighted by atomic mass is 10.0. The summed E-state index contributed by atoms with van der Waals surface area (Å²) in [6.07, 6.45) is 2.46. The molecule has 2 N–H and O–H groups in total. The molecule has 3 heteroatoms. The van der Waals surface area contributed by atoms with Crippen molar-refractivity contribution in [1.29, 1.82) is 0 Å². The van der Waals surface area contributed by atoms with Crippen molar-refractivity contribution in [3.63, 3.8) is 0 Å². The quantitative estimate of drug-likeness (QED) is 0.878. The third-order valence-corrected chi connectivity index (χ3v) is 4.19. The second kappa shape index (κ2) is 5.55. The van der Waals surface area contributed by atoms with E-state index in [0.717, 1.165) is 19.6 Å². The Hall–Kier alpha value is -1.32. The van der Waals surface area contributed by atoms with E-state index in [2.05, 4.69) is 46.3 Å². The summed E-state index contributed by atoms with van der Waals surface area (Å²) in [4.78, 5) is 1.40. The first kappa shape index (κ1) is 11.8. The highest BCUT2D eigenvalue weighted by atomic mass is 32.1.